The van der Waals surface area contributed by atoms with Gasteiger partial charge in [0.05, 0.1) is 6.61 Å². The van der Waals surface area contributed by atoms with E-state index in [4.69, 9.17) is 4.74 Å². The van der Waals surface area contributed by atoms with Crippen molar-refractivity contribution < 1.29 is 4.74 Å². The Balaban J connectivity index is 2.42. The molecule has 0 aromatic heterocycles. The van der Waals surface area contributed by atoms with Gasteiger partial charge in [0.15, 0.2) is 0 Å². The van der Waals surface area contributed by atoms with Crippen LogP contribution in [0.3, 0.4) is 0 Å². The molecular weight excluding hydrogens is 314 g/mol. The van der Waals surface area contributed by atoms with Crippen molar-refractivity contribution in [3.63, 3.8) is 0 Å². The van der Waals surface area contributed by atoms with Crippen molar-refractivity contribution >= 4 is 15.9 Å². The van der Waals surface area contributed by atoms with Gasteiger partial charge in [-0.25, -0.2) is 0 Å². The SMILES string of the molecule is CCCNC(C)C(CCOc1cccc(Br)c1)C(C)C. The van der Waals surface area contributed by atoms with E-state index in [0.29, 0.717) is 17.9 Å². The fourth-order valence-electron chi connectivity index (χ4n) is 2.55. The minimum absolute atomic E-state index is 0.543. The largest absolute Gasteiger partial charge is 0.494 e. The van der Waals surface area contributed by atoms with Crippen molar-refractivity contribution in [2.75, 3.05) is 13.2 Å². The molecule has 20 heavy (non-hydrogen) atoms. The lowest BCUT2D eigenvalue weighted by Gasteiger charge is -2.28. The Morgan fingerprint density at radius 2 is 2.00 bits per heavy atom. The molecule has 0 aliphatic carbocycles. The molecule has 114 valence electrons. The first kappa shape index (κ1) is 17.5. The molecule has 2 nitrogen and oxygen atoms in total. The van der Waals surface area contributed by atoms with Crippen LogP contribution in [-0.4, -0.2) is 19.2 Å². The molecule has 0 heterocycles. The second kappa shape index (κ2) is 9.41. The lowest BCUT2D eigenvalue weighted by atomic mass is 9.86. The number of hydrogen-bond donors (Lipinski definition) is 1. The quantitative estimate of drug-likeness (QED) is 0.691. The highest BCUT2D eigenvalue weighted by atomic mass is 79.9. The third kappa shape index (κ3) is 6.27. The molecular formula is C17H28BrNO. The first-order valence-corrected chi connectivity index (χ1v) is 8.45. The third-order valence-electron chi connectivity index (χ3n) is 3.73. The lowest BCUT2D eigenvalue weighted by molar-refractivity contribution is 0.213. The van der Waals surface area contributed by atoms with E-state index in [1.165, 1.54) is 6.42 Å². The summed E-state index contributed by atoms with van der Waals surface area (Å²) in [5.41, 5.74) is 0. The van der Waals surface area contributed by atoms with E-state index in [0.717, 1.165) is 29.8 Å². The number of benzene rings is 1. The Bertz CT molecular complexity index is 381. The molecule has 0 saturated heterocycles. The number of halogens is 1. The van der Waals surface area contributed by atoms with Crippen LogP contribution in [0.4, 0.5) is 0 Å². The van der Waals surface area contributed by atoms with Gasteiger partial charge in [-0.15, -0.1) is 0 Å². The maximum absolute atomic E-state index is 5.86. The average Bonchev–Trinajstić information content (AvgIpc) is 2.40. The van der Waals surface area contributed by atoms with Crippen LogP contribution < -0.4 is 10.1 Å². The van der Waals surface area contributed by atoms with Crippen LogP contribution in [0.15, 0.2) is 28.7 Å². The second-order valence-corrected chi connectivity index (χ2v) is 6.66. The summed E-state index contributed by atoms with van der Waals surface area (Å²) in [6, 6.07) is 8.59. The number of rotatable bonds is 9. The van der Waals surface area contributed by atoms with Crippen LogP contribution in [-0.2, 0) is 0 Å². The maximum atomic E-state index is 5.86. The number of nitrogens with one attached hydrogen (secondary N) is 1. The van der Waals surface area contributed by atoms with E-state index >= 15 is 0 Å². The van der Waals surface area contributed by atoms with E-state index in [2.05, 4.69) is 48.9 Å². The Morgan fingerprint density at radius 3 is 2.60 bits per heavy atom. The van der Waals surface area contributed by atoms with Crippen molar-refractivity contribution in [2.45, 2.75) is 46.6 Å². The summed E-state index contributed by atoms with van der Waals surface area (Å²) < 4.78 is 6.93. The van der Waals surface area contributed by atoms with Crippen LogP contribution >= 0.6 is 15.9 Å². The molecule has 1 rings (SSSR count). The first-order valence-electron chi connectivity index (χ1n) is 7.66. The highest BCUT2D eigenvalue weighted by molar-refractivity contribution is 9.10. The monoisotopic (exact) mass is 341 g/mol. The summed E-state index contributed by atoms with van der Waals surface area (Å²) >= 11 is 3.47. The topological polar surface area (TPSA) is 21.3 Å². The molecule has 2 unspecified atom stereocenters. The van der Waals surface area contributed by atoms with Gasteiger partial charge in [-0.2, -0.15) is 0 Å². The molecule has 0 radical (unpaired) electrons. The van der Waals surface area contributed by atoms with Gasteiger partial charge < -0.3 is 10.1 Å². The molecule has 0 spiro atoms. The zero-order valence-electron chi connectivity index (χ0n) is 13.2. The molecule has 1 N–H and O–H groups in total. The minimum atomic E-state index is 0.543. The van der Waals surface area contributed by atoms with Crippen LogP contribution in [0.1, 0.15) is 40.5 Å². The first-order chi connectivity index (χ1) is 9.54. The molecule has 0 amide bonds. The van der Waals surface area contributed by atoms with Crippen molar-refractivity contribution in [3.05, 3.63) is 28.7 Å². The van der Waals surface area contributed by atoms with Gasteiger partial charge in [0.1, 0.15) is 5.75 Å². The van der Waals surface area contributed by atoms with E-state index in [1.54, 1.807) is 0 Å². The number of ether oxygens (including phenoxy) is 1. The predicted molar refractivity (Wildman–Crippen MR) is 90.3 cm³/mol. The third-order valence-corrected chi connectivity index (χ3v) is 4.22. The van der Waals surface area contributed by atoms with E-state index < -0.39 is 0 Å². The van der Waals surface area contributed by atoms with Crippen molar-refractivity contribution in [2.24, 2.45) is 11.8 Å². The summed E-state index contributed by atoms with van der Waals surface area (Å²) in [6.45, 7) is 11.0. The van der Waals surface area contributed by atoms with Crippen LogP contribution in [0.5, 0.6) is 5.75 Å². The van der Waals surface area contributed by atoms with Gasteiger partial charge in [-0.05, 0) is 56.3 Å². The molecule has 1 aromatic rings. The number of hydrogen-bond acceptors (Lipinski definition) is 2. The molecule has 0 bridgehead atoms. The Kier molecular flexibility index (Phi) is 8.24. The summed E-state index contributed by atoms with van der Waals surface area (Å²) in [5.74, 6) is 2.25. The molecule has 0 fully saturated rings. The summed E-state index contributed by atoms with van der Waals surface area (Å²) in [5, 5.41) is 3.61. The van der Waals surface area contributed by atoms with Crippen LogP contribution in [0.25, 0.3) is 0 Å². The van der Waals surface area contributed by atoms with Gasteiger partial charge in [0.2, 0.25) is 0 Å². The zero-order chi connectivity index (χ0) is 15.0. The van der Waals surface area contributed by atoms with Crippen molar-refractivity contribution in [3.8, 4) is 5.75 Å². The summed E-state index contributed by atoms with van der Waals surface area (Å²) in [4.78, 5) is 0. The normalized spacial score (nSPS) is 14.3. The fraction of sp³-hybridized carbons (Fsp3) is 0.647. The molecule has 2 atom stereocenters. The molecule has 3 heteroatoms. The zero-order valence-corrected chi connectivity index (χ0v) is 14.7. The second-order valence-electron chi connectivity index (χ2n) is 5.75. The molecule has 0 aliphatic rings. The highest BCUT2D eigenvalue weighted by Crippen LogP contribution is 2.22. The van der Waals surface area contributed by atoms with Gasteiger partial charge in [0.25, 0.3) is 0 Å². The maximum Gasteiger partial charge on any atom is 0.120 e. The van der Waals surface area contributed by atoms with E-state index in [1.807, 2.05) is 24.3 Å². The van der Waals surface area contributed by atoms with E-state index in [-0.39, 0.29) is 0 Å². The minimum Gasteiger partial charge on any atom is -0.494 e. The van der Waals surface area contributed by atoms with Crippen molar-refractivity contribution in [1.29, 1.82) is 0 Å². The van der Waals surface area contributed by atoms with Gasteiger partial charge >= 0.3 is 0 Å². The Labute approximate surface area is 132 Å². The smallest absolute Gasteiger partial charge is 0.120 e. The Morgan fingerprint density at radius 1 is 1.25 bits per heavy atom. The van der Waals surface area contributed by atoms with Gasteiger partial charge in [-0.1, -0.05) is 42.8 Å². The van der Waals surface area contributed by atoms with Crippen molar-refractivity contribution in [1.82, 2.24) is 5.32 Å². The predicted octanol–water partition coefficient (Wildman–Crippen LogP) is 4.88. The molecule has 0 saturated carbocycles. The van der Waals surface area contributed by atoms with Gasteiger partial charge in [-0.3, -0.25) is 0 Å². The molecule has 0 aliphatic heterocycles. The Hall–Kier alpha value is -0.540. The fourth-order valence-corrected chi connectivity index (χ4v) is 2.93. The standard InChI is InChI=1S/C17H28BrNO/c1-5-10-19-14(4)17(13(2)3)9-11-20-16-8-6-7-15(18)12-16/h6-8,12-14,17,19H,5,9-11H2,1-4H3. The summed E-state index contributed by atoms with van der Waals surface area (Å²) in [7, 11) is 0. The van der Waals surface area contributed by atoms with Crippen LogP contribution in [0, 0.1) is 11.8 Å². The van der Waals surface area contributed by atoms with Crippen LogP contribution in [0.2, 0.25) is 0 Å². The van der Waals surface area contributed by atoms with E-state index in [9.17, 15) is 0 Å². The summed E-state index contributed by atoms with van der Waals surface area (Å²) in [6.07, 6.45) is 2.27. The lowest BCUT2D eigenvalue weighted by Crippen LogP contribution is -2.37. The molecule has 1 aromatic carbocycles. The average molecular weight is 342 g/mol. The highest BCUT2D eigenvalue weighted by Gasteiger charge is 2.20. The van der Waals surface area contributed by atoms with Gasteiger partial charge in [0, 0.05) is 10.5 Å².